The molecule has 2 aromatic rings. The van der Waals surface area contributed by atoms with Gasteiger partial charge in [-0.2, -0.15) is 0 Å². The number of nitrogens with zero attached hydrogens (tertiary/aromatic N) is 3. The second-order valence-corrected chi connectivity index (χ2v) is 5.26. The number of rotatable bonds is 6. The number of thiophene rings is 1. The molecule has 102 valence electrons. The Kier molecular flexibility index (Phi) is 4.28. The molecule has 0 aliphatic carbocycles. The van der Waals surface area contributed by atoms with Gasteiger partial charge in [0.15, 0.2) is 5.69 Å². The quantitative estimate of drug-likeness (QED) is 0.873. The van der Waals surface area contributed by atoms with Crippen molar-refractivity contribution in [2.45, 2.75) is 26.5 Å². The Labute approximate surface area is 114 Å². The number of ether oxygens (including phenoxy) is 1. The zero-order valence-corrected chi connectivity index (χ0v) is 11.6. The van der Waals surface area contributed by atoms with Crippen LogP contribution >= 0.6 is 11.3 Å². The maximum Gasteiger partial charge on any atom is 0.358 e. The van der Waals surface area contributed by atoms with Crippen molar-refractivity contribution in [1.29, 1.82) is 0 Å². The van der Waals surface area contributed by atoms with Crippen LogP contribution in [0.15, 0.2) is 12.1 Å². The summed E-state index contributed by atoms with van der Waals surface area (Å²) in [6.45, 7) is 2.80. The van der Waals surface area contributed by atoms with Gasteiger partial charge in [-0.1, -0.05) is 12.1 Å². The van der Waals surface area contributed by atoms with Gasteiger partial charge in [-0.15, -0.1) is 16.4 Å². The van der Waals surface area contributed by atoms with Crippen LogP contribution in [-0.2, 0) is 24.3 Å². The van der Waals surface area contributed by atoms with E-state index in [2.05, 4.69) is 23.3 Å². The molecule has 6 nitrogen and oxygen atoms in total. The number of hydrogen-bond donors (Lipinski definition) is 1. The highest BCUT2D eigenvalue weighted by Crippen LogP contribution is 2.19. The third-order valence-corrected chi connectivity index (χ3v) is 3.91. The van der Waals surface area contributed by atoms with Gasteiger partial charge in [-0.3, -0.25) is 0 Å². The number of aromatic carboxylic acids is 1. The maximum atomic E-state index is 11.0. The number of methoxy groups -OCH3 is 1. The second-order valence-electron chi connectivity index (χ2n) is 4.00. The van der Waals surface area contributed by atoms with Gasteiger partial charge < -0.3 is 9.84 Å². The fraction of sp³-hybridized carbons (Fsp3) is 0.417. The summed E-state index contributed by atoms with van der Waals surface area (Å²) in [5.74, 6) is -1.08. The Balaban J connectivity index is 2.26. The molecule has 2 rings (SSSR count). The molecule has 0 saturated carbocycles. The second kappa shape index (κ2) is 5.94. The van der Waals surface area contributed by atoms with Crippen LogP contribution in [0.1, 0.15) is 32.9 Å². The topological polar surface area (TPSA) is 77.2 Å². The van der Waals surface area contributed by atoms with Gasteiger partial charge in [0, 0.05) is 16.9 Å². The van der Waals surface area contributed by atoms with Crippen LogP contribution in [0.4, 0.5) is 0 Å². The van der Waals surface area contributed by atoms with Gasteiger partial charge in [-0.25, -0.2) is 9.48 Å². The van der Waals surface area contributed by atoms with Crippen molar-refractivity contribution in [1.82, 2.24) is 15.0 Å². The third kappa shape index (κ3) is 2.99. The van der Waals surface area contributed by atoms with Crippen LogP contribution in [-0.4, -0.2) is 33.2 Å². The zero-order chi connectivity index (χ0) is 13.8. The summed E-state index contributed by atoms with van der Waals surface area (Å²) in [6, 6.07) is 4.10. The van der Waals surface area contributed by atoms with Gasteiger partial charge in [0.1, 0.15) is 0 Å². The van der Waals surface area contributed by atoms with E-state index in [0.717, 1.165) is 11.3 Å². The molecule has 2 heterocycles. The normalized spacial score (nSPS) is 10.8. The van der Waals surface area contributed by atoms with Crippen molar-refractivity contribution < 1.29 is 14.6 Å². The van der Waals surface area contributed by atoms with Gasteiger partial charge in [0.2, 0.25) is 0 Å². The number of aromatic nitrogens is 3. The highest BCUT2D eigenvalue weighted by atomic mass is 32.1. The number of carboxylic acids is 1. The molecule has 7 heteroatoms. The summed E-state index contributed by atoms with van der Waals surface area (Å²) in [5.41, 5.74) is 0.440. The Hall–Kier alpha value is -1.73. The molecule has 0 unspecified atom stereocenters. The van der Waals surface area contributed by atoms with Gasteiger partial charge in [0.05, 0.1) is 18.8 Å². The Morgan fingerprint density at radius 3 is 2.79 bits per heavy atom. The molecule has 0 saturated heterocycles. The third-order valence-electron chi connectivity index (χ3n) is 2.69. The first-order valence-corrected chi connectivity index (χ1v) is 6.69. The van der Waals surface area contributed by atoms with Crippen molar-refractivity contribution in [3.63, 3.8) is 0 Å². The lowest BCUT2D eigenvalue weighted by molar-refractivity contribution is 0.0684. The smallest absolute Gasteiger partial charge is 0.358 e. The van der Waals surface area contributed by atoms with E-state index in [1.807, 2.05) is 6.07 Å². The van der Waals surface area contributed by atoms with Crippen LogP contribution in [0, 0.1) is 0 Å². The molecule has 2 aromatic heterocycles. The van der Waals surface area contributed by atoms with E-state index >= 15 is 0 Å². The van der Waals surface area contributed by atoms with E-state index in [-0.39, 0.29) is 12.3 Å². The van der Waals surface area contributed by atoms with E-state index in [1.165, 1.54) is 12.0 Å². The summed E-state index contributed by atoms with van der Waals surface area (Å²) >= 11 is 1.70. The Bertz CT molecular complexity index is 577. The lowest BCUT2D eigenvalue weighted by Gasteiger charge is -2.04. The lowest BCUT2D eigenvalue weighted by atomic mass is 10.3. The predicted octanol–water partition coefficient (Wildman–Crippen LogP) is 1.79. The summed E-state index contributed by atoms with van der Waals surface area (Å²) < 4.78 is 6.60. The minimum Gasteiger partial charge on any atom is -0.476 e. The van der Waals surface area contributed by atoms with Crippen molar-refractivity contribution in [2.75, 3.05) is 7.11 Å². The number of hydrogen-bond acceptors (Lipinski definition) is 5. The van der Waals surface area contributed by atoms with Gasteiger partial charge >= 0.3 is 5.97 Å². The molecule has 19 heavy (non-hydrogen) atoms. The number of carboxylic acid groups (broad SMARTS) is 1. The van der Waals surface area contributed by atoms with Crippen LogP contribution < -0.4 is 0 Å². The van der Waals surface area contributed by atoms with E-state index < -0.39 is 5.97 Å². The minimum absolute atomic E-state index is 0.0471. The molecule has 0 bridgehead atoms. The highest BCUT2D eigenvalue weighted by molar-refractivity contribution is 7.11. The van der Waals surface area contributed by atoms with Gasteiger partial charge in [0.25, 0.3) is 0 Å². The monoisotopic (exact) mass is 281 g/mol. The van der Waals surface area contributed by atoms with Crippen molar-refractivity contribution in [2.24, 2.45) is 0 Å². The SMILES string of the molecule is CCc1ccc(Cn2nnc(C(=O)O)c2COC)s1. The molecule has 0 aromatic carbocycles. The average Bonchev–Trinajstić information content (AvgIpc) is 2.98. The first kappa shape index (κ1) is 13.7. The molecule has 0 amide bonds. The van der Waals surface area contributed by atoms with Crippen molar-refractivity contribution in [3.05, 3.63) is 33.3 Å². The number of aryl methyl sites for hydroxylation is 1. The molecule has 1 N–H and O–H groups in total. The molecule has 0 aliphatic rings. The van der Waals surface area contributed by atoms with Crippen LogP contribution in [0.25, 0.3) is 0 Å². The van der Waals surface area contributed by atoms with E-state index in [1.54, 1.807) is 16.0 Å². The fourth-order valence-electron chi connectivity index (χ4n) is 1.75. The molecule has 0 spiro atoms. The molecular weight excluding hydrogens is 266 g/mol. The van der Waals surface area contributed by atoms with E-state index in [0.29, 0.717) is 12.2 Å². The summed E-state index contributed by atoms with van der Waals surface area (Å²) in [4.78, 5) is 13.5. The van der Waals surface area contributed by atoms with Crippen LogP contribution in [0.2, 0.25) is 0 Å². The molecule has 0 atom stereocenters. The first-order chi connectivity index (χ1) is 9.15. The van der Waals surface area contributed by atoms with Crippen molar-refractivity contribution >= 4 is 17.3 Å². The Morgan fingerprint density at radius 1 is 1.47 bits per heavy atom. The standard InChI is InChI=1S/C12H15N3O3S/c1-3-8-4-5-9(19-8)6-15-10(7-18-2)11(12(16)17)13-14-15/h4-5H,3,6-7H2,1-2H3,(H,16,17). The predicted molar refractivity (Wildman–Crippen MR) is 70.5 cm³/mol. The van der Waals surface area contributed by atoms with Crippen LogP contribution in [0.3, 0.4) is 0 Å². The van der Waals surface area contributed by atoms with E-state index in [4.69, 9.17) is 9.84 Å². The van der Waals surface area contributed by atoms with E-state index in [9.17, 15) is 4.79 Å². The summed E-state index contributed by atoms with van der Waals surface area (Å²) in [5, 5.41) is 16.6. The fourth-order valence-corrected chi connectivity index (χ4v) is 2.69. The molecule has 0 fully saturated rings. The lowest BCUT2D eigenvalue weighted by Crippen LogP contribution is -2.09. The zero-order valence-electron chi connectivity index (χ0n) is 10.8. The van der Waals surface area contributed by atoms with Crippen molar-refractivity contribution in [3.8, 4) is 0 Å². The number of carbonyl (C=O) groups is 1. The highest BCUT2D eigenvalue weighted by Gasteiger charge is 2.19. The largest absolute Gasteiger partial charge is 0.476 e. The Morgan fingerprint density at radius 2 is 2.21 bits per heavy atom. The summed E-state index contributed by atoms with van der Waals surface area (Å²) in [7, 11) is 1.52. The minimum atomic E-state index is -1.08. The molecule has 0 radical (unpaired) electrons. The summed E-state index contributed by atoms with van der Waals surface area (Å²) in [6.07, 6.45) is 0.993. The first-order valence-electron chi connectivity index (χ1n) is 5.87. The average molecular weight is 281 g/mol. The van der Waals surface area contributed by atoms with Crippen LogP contribution in [0.5, 0.6) is 0 Å². The van der Waals surface area contributed by atoms with Gasteiger partial charge in [-0.05, 0) is 18.6 Å². The molecular formula is C12H15N3O3S. The molecule has 0 aliphatic heterocycles. The maximum absolute atomic E-state index is 11.0.